The Bertz CT molecular complexity index is 371. The minimum Gasteiger partial charge on any atom is -0.497 e. The van der Waals surface area contributed by atoms with E-state index in [1.54, 1.807) is 7.11 Å². The molecule has 1 aliphatic heterocycles. The minimum atomic E-state index is 0.469. The Hall–Kier alpha value is -1.06. The smallest absolute Gasteiger partial charge is 0.118 e. The molecule has 1 aromatic carbocycles. The molecule has 0 aliphatic carbocycles. The average molecular weight is 277 g/mol. The third-order valence-corrected chi connectivity index (χ3v) is 3.99. The molecule has 0 radical (unpaired) electrons. The van der Waals surface area contributed by atoms with Crippen molar-refractivity contribution in [1.82, 2.24) is 5.32 Å². The molecule has 1 saturated heterocycles. The molecule has 0 amide bonds. The summed E-state index contributed by atoms with van der Waals surface area (Å²) in [6.07, 6.45) is 5.19. The van der Waals surface area contributed by atoms with Gasteiger partial charge < -0.3 is 14.8 Å². The summed E-state index contributed by atoms with van der Waals surface area (Å²) in [5, 5.41) is 3.48. The topological polar surface area (TPSA) is 30.5 Å². The van der Waals surface area contributed by atoms with E-state index in [4.69, 9.17) is 9.47 Å². The molecule has 1 aliphatic rings. The van der Waals surface area contributed by atoms with Crippen molar-refractivity contribution in [1.29, 1.82) is 0 Å². The molecule has 0 bridgehead atoms. The van der Waals surface area contributed by atoms with Crippen molar-refractivity contribution in [2.24, 2.45) is 5.92 Å². The van der Waals surface area contributed by atoms with Crippen molar-refractivity contribution in [2.75, 3.05) is 26.8 Å². The first kappa shape index (κ1) is 15.3. The first-order valence-corrected chi connectivity index (χ1v) is 7.77. The summed E-state index contributed by atoms with van der Waals surface area (Å²) in [7, 11) is 1.71. The lowest BCUT2D eigenvalue weighted by atomic mass is 9.92. The predicted octanol–water partition coefficient (Wildman–Crippen LogP) is 3.03. The van der Waals surface area contributed by atoms with E-state index in [0.717, 1.165) is 31.9 Å². The molecule has 0 saturated carbocycles. The molecule has 20 heavy (non-hydrogen) atoms. The molecule has 1 N–H and O–H groups in total. The van der Waals surface area contributed by atoms with Gasteiger partial charge in [0.1, 0.15) is 5.75 Å². The van der Waals surface area contributed by atoms with E-state index in [1.165, 1.54) is 24.8 Å². The van der Waals surface area contributed by atoms with Gasteiger partial charge in [0.2, 0.25) is 0 Å². The van der Waals surface area contributed by atoms with Crippen LogP contribution in [0.25, 0.3) is 0 Å². The van der Waals surface area contributed by atoms with Crippen molar-refractivity contribution in [3.8, 4) is 5.75 Å². The lowest BCUT2D eigenvalue weighted by Crippen LogP contribution is -2.27. The van der Waals surface area contributed by atoms with E-state index in [2.05, 4.69) is 24.4 Å². The Labute approximate surface area is 122 Å². The van der Waals surface area contributed by atoms with E-state index < -0.39 is 0 Å². The highest BCUT2D eigenvalue weighted by Gasteiger charge is 2.20. The number of hydrogen-bond donors (Lipinski definition) is 1. The Morgan fingerprint density at radius 2 is 2.15 bits per heavy atom. The van der Waals surface area contributed by atoms with E-state index in [0.29, 0.717) is 12.0 Å². The van der Waals surface area contributed by atoms with Crippen molar-refractivity contribution in [3.63, 3.8) is 0 Å². The van der Waals surface area contributed by atoms with Crippen LogP contribution in [0.2, 0.25) is 0 Å². The van der Waals surface area contributed by atoms with E-state index >= 15 is 0 Å². The molecule has 1 aromatic rings. The highest BCUT2D eigenvalue weighted by Crippen LogP contribution is 2.23. The Morgan fingerprint density at radius 3 is 2.75 bits per heavy atom. The third-order valence-electron chi connectivity index (χ3n) is 3.99. The highest BCUT2D eigenvalue weighted by molar-refractivity contribution is 5.27. The molecule has 0 spiro atoms. The monoisotopic (exact) mass is 277 g/mol. The number of ether oxygens (including phenoxy) is 2. The zero-order valence-corrected chi connectivity index (χ0v) is 12.7. The minimum absolute atomic E-state index is 0.469. The summed E-state index contributed by atoms with van der Waals surface area (Å²) >= 11 is 0. The predicted molar refractivity (Wildman–Crippen MR) is 82.3 cm³/mol. The molecule has 3 nitrogen and oxygen atoms in total. The molecule has 112 valence electrons. The van der Waals surface area contributed by atoms with E-state index in [9.17, 15) is 0 Å². The van der Waals surface area contributed by atoms with Gasteiger partial charge in [-0.25, -0.2) is 0 Å². The van der Waals surface area contributed by atoms with Crippen LogP contribution in [0, 0.1) is 5.92 Å². The maximum absolute atomic E-state index is 5.79. The molecule has 3 heteroatoms. The second-order valence-electron chi connectivity index (χ2n) is 5.60. The quantitative estimate of drug-likeness (QED) is 0.792. The first-order chi connectivity index (χ1) is 9.81. The largest absolute Gasteiger partial charge is 0.497 e. The second-order valence-corrected chi connectivity index (χ2v) is 5.60. The van der Waals surface area contributed by atoms with Crippen molar-refractivity contribution in [3.05, 3.63) is 29.8 Å². The van der Waals surface area contributed by atoms with Gasteiger partial charge in [0, 0.05) is 6.61 Å². The standard InChI is InChI=1S/C17H27NO2/c1-3-18-13-15(12-17-5-4-10-20-17)11-14-6-8-16(19-2)9-7-14/h6-9,15,17-18H,3-5,10-13H2,1-2H3. The number of methoxy groups -OCH3 is 1. The van der Waals surface area contributed by atoms with Crippen LogP contribution in [-0.4, -0.2) is 32.9 Å². The zero-order chi connectivity index (χ0) is 14.2. The number of hydrogen-bond acceptors (Lipinski definition) is 3. The maximum Gasteiger partial charge on any atom is 0.118 e. The van der Waals surface area contributed by atoms with Gasteiger partial charge in [-0.15, -0.1) is 0 Å². The molecule has 2 atom stereocenters. The fourth-order valence-electron chi connectivity index (χ4n) is 2.88. The van der Waals surface area contributed by atoms with Gasteiger partial charge >= 0.3 is 0 Å². The summed E-state index contributed by atoms with van der Waals surface area (Å²) in [6.45, 7) is 5.21. The van der Waals surface area contributed by atoms with Gasteiger partial charge in [0.15, 0.2) is 0 Å². The van der Waals surface area contributed by atoms with Crippen LogP contribution >= 0.6 is 0 Å². The molecule has 1 heterocycles. The third kappa shape index (κ3) is 4.80. The van der Waals surface area contributed by atoms with Gasteiger partial charge in [-0.3, -0.25) is 0 Å². The number of rotatable bonds is 8. The van der Waals surface area contributed by atoms with Crippen LogP contribution in [-0.2, 0) is 11.2 Å². The Morgan fingerprint density at radius 1 is 1.35 bits per heavy atom. The lowest BCUT2D eigenvalue weighted by Gasteiger charge is -2.21. The van der Waals surface area contributed by atoms with Gasteiger partial charge in [-0.2, -0.15) is 0 Å². The van der Waals surface area contributed by atoms with Crippen LogP contribution in [0.5, 0.6) is 5.75 Å². The van der Waals surface area contributed by atoms with E-state index in [-0.39, 0.29) is 0 Å². The van der Waals surface area contributed by atoms with Gasteiger partial charge in [-0.05, 0) is 62.4 Å². The summed E-state index contributed by atoms with van der Waals surface area (Å²) in [5.41, 5.74) is 1.38. The average Bonchev–Trinajstić information content (AvgIpc) is 2.98. The van der Waals surface area contributed by atoms with Gasteiger partial charge in [0.25, 0.3) is 0 Å². The Balaban J connectivity index is 1.90. The molecular weight excluding hydrogens is 250 g/mol. The lowest BCUT2D eigenvalue weighted by molar-refractivity contribution is 0.0893. The zero-order valence-electron chi connectivity index (χ0n) is 12.7. The molecule has 2 rings (SSSR count). The molecule has 0 aromatic heterocycles. The maximum atomic E-state index is 5.79. The summed E-state index contributed by atoms with van der Waals surface area (Å²) in [5.74, 6) is 1.57. The first-order valence-electron chi connectivity index (χ1n) is 7.77. The normalized spacial score (nSPS) is 20.0. The molecule has 1 fully saturated rings. The second kappa shape index (κ2) is 8.28. The SMILES string of the molecule is CCNCC(Cc1ccc(OC)cc1)CC1CCCO1. The number of benzene rings is 1. The molecule has 2 unspecified atom stereocenters. The number of nitrogens with one attached hydrogen (secondary N) is 1. The van der Waals surface area contributed by atoms with Crippen molar-refractivity contribution in [2.45, 2.75) is 38.7 Å². The van der Waals surface area contributed by atoms with Crippen LogP contribution in [0.15, 0.2) is 24.3 Å². The fourth-order valence-corrected chi connectivity index (χ4v) is 2.88. The van der Waals surface area contributed by atoms with Gasteiger partial charge in [-0.1, -0.05) is 19.1 Å². The van der Waals surface area contributed by atoms with Crippen LogP contribution in [0.4, 0.5) is 0 Å². The van der Waals surface area contributed by atoms with Crippen molar-refractivity contribution >= 4 is 0 Å². The fraction of sp³-hybridized carbons (Fsp3) is 0.647. The highest BCUT2D eigenvalue weighted by atomic mass is 16.5. The van der Waals surface area contributed by atoms with Crippen LogP contribution < -0.4 is 10.1 Å². The molecular formula is C17H27NO2. The van der Waals surface area contributed by atoms with Crippen LogP contribution in [0.3, 0.4) is 0 Å². The van der Waals surface area contributed by atoms with Crippen molar-refractivity contribution < 1.29 is 9.47 Å². The summed E-state index contributed by atoms with van der Waals surface area (Å²) in [4.78, 5) is 0. The van der Waals surface area contributed by atoms with Gasteiger partial charge in [0.05, 0.1) is 13.2 Å². The summed E-state index contributed by atoms with van der Waals surface area (Å²) in [6, 6.07) is 8.44. The summed E-state index contributed by atoms with van der Waals surface area (Å²) < 4.78 is 11.0. The van der Waals surface area contributed by atoms with Crippen LogP contribution in [0.1, 0.15) is 31.7 Å². The Kier molecular flexibility index (Phi) is 6.34. The van der Waals surface area contributed by atoms with E-state index in [1.807, 2.05) is 12.1 Å².